The van der Waals surface area contributed by atoms with Crippen LogP contribution in [0.25, 0.3) is 17.2 Å². The molecule has 0 spiro atoms. The smallest absolute Gasteiger partial charge is 0.0454 e. The molecule has 0 bridgehead atoms. The topological polar surface area (TPSA) is 12.4 Å². The van der Waals surface area contributed by atoms with Crippen molar-refractivity contribution < 1.29 is 20.8 Å². The molecule has 0 saturated carbocycles. The van der Waals surface area contributed by atoms with Crippen LogP contribution in [0.5, 0.6) is 0 Å². The minimum Gasteiger partial charge on any atom is -0.813 e. The van der Waals surface area contributed by atoms with Crippen molar-refractivity contribution in [1.29, 1.82) is 0 Å². The minimum atomic E-state index is -0.826. The zero-order valence-electron chi connectivity index (χ0n) is 16.3. The summed E-state index contributed by atoms with van der Waals surface area (Å²) in [6.07, 6.45) is 9.13. The van der Waals surface area contributed by atoms with E-state index in [1.165, 1.54) is 39.0 Å². The van der Waals surface area contributed by atoms with Gasteiger partial charge in [-0.2, -0.15) is 0 Å². The van der Waals surface area contributed by atoms with Gasteiger partial charge in [-0.05, 0) is 12.5 Å². The maximum absolute atomic E-state index is 4.93. The molecule has 3 aliphatic rings. The van der Waals surface area contributed by atoms with Crippen LogP contribution < -0.4 is 0 Å². The molecule has 1 atom stereocenters. The van der Waals surface area contributed by atoms with Gasteiger partial charge in [-0.15, -0.1) is 70.8 Å². The molecule has 2 aliphatic carbocycles. The van der Waals surface area contributed by atoms with Gasteiger partial charge in [0.05, 0.1) is 0 Å². The molecular weight excluding hydrogens is 588 g/mol. The number of hydrogen-bond donors (Lipinski definition) is 0. The van der Waals surface area contributed by atoms with Crippen LogP contribution in [0.15, 0.2) is 81.9 Å². The second kappa shape index (κ2) is 11.8. The molecule has 0 fully saturated rings. The van der Waals surface area contributed by atoms with Crippen LogP contribution >= 0.6 is 33.0 Å². The van der Waals surface area contributed by atoms with Crippen LogP contribution in [-0.2, 0) is 40.8 Å². The summed E-state index contributed by atoms with van der Waals surface area (Å²) in [6.45, 7) is 0. The van der Waals surface area contributed by atoms with E-state index < -0.39 is 20.8 Å². The predicted molar refractivity (Wildman–Crippen MR) is 135 cm³/mol. The Hall–Kier alpha value is -0.897. The average molecular weight is 606 g/mol. The molecule has 1 nitrogen and oxygen atoms in total. The number of rotatable bonds is 0. The summed E-state index contributed by atoms with van der Waals surface area (Å²) >= 11 is 2.60. The van der Waals surface area contributed by atoms with Crippen molar-refractivity contribution in [2.75, 3.05) is 0 Å². The van der Waals surface area contributed by atoms with Crippen LogP contribution in [0.3, 0.4) is 0 Å². The first-order valence-electron chi connectivity index (χ1n) is 9.38. The van der Waals surface area contributed by atoms with E-state index in [0.717, 1.165) is 10.9 Å². The van der Waals surface area contributed by atoms with E-state index in [1.807, 2.05) is 24.5 Å². The number of nitrogens with zero attached hydrogens (tertiary/aromatic N) is 1. The summed E-state index contributed by atoms with van der Waals surface area (Å²) in [5.41, 5.74) is 9.28. The van der Waals surface area contributed by atoms with Gasteiger partial charge < -0.3 is 13.5 Å². The SMILES string of the molecule is Brc1[c-]c2c(cc1)C1C=NC=CC1=C2.[Cl][Zr][Cl].[SH-].[c-]1cccc2c1-c1ccccc1C2. The Balaban J connectivity index is 0.000000152. The Morgan fingerprint density at radius 3 is 2.65 bits per heavy atom. The van der Waals surface area contributed by atoms with Crippen molar-refractivity contribution in [2.45, 2.75) is 12.3 Å². The number of allylic oxidation sites excluding steroid dienone is 2. The summed E-state index contributed by atoms with van der Waals surface area (Å²) < 4.78 is 1.01. The quantitative estimate of drug-likeness (QED) is 0.115. The Labute approximate surface area is 217 Å². The molecule has 1 heterocycles. The fourth-order valence-electron chi connectivity index (χ4n) is 3.90. The molecule has 0 radical (unpaired) electrons. The van der Waals surface area contributed by atoms with Crippen molar-refractivity contribution in [3.63, 3.8) is 0 Å². The number of thiol groups is 1. The summed E-state index contributed by atoms with van der Waals surface area (Å²) in [7, 11) is 9.87. The first kappa shape index (κ1) is 24.7. The Bertz CT molecular complexity index is 1120. The molecule has 31 heavy (non-hydrogen) atoms. The van der Waals surface area contributed by atoms with Gasteiger partial charge in [0.25, 0.3) is 0 Å². The molecule has 0 saturated heterocycles. The molecule has 3 aromatic rings. The second-order valence-electron chi connectivity index (χ2n) is 6.89. The van der Waals surface area contributed by atoms with E-state index in [9.17, 15) is 0 Å². The van der Waals surface area contributed by atoms with E-state index in [0.29, 0.717) is 5.92 Å². The first-order chi connectivity index (χ1) is 14.7. The zero-order chi connectivity index (χ0) is 20.9. The predicted octanol–water partition coefficient (Wildman–Crippen LogP) is 7.49. The van der Waals surface area contributed by atoms with E-state index in [1.54, 1.807) is 0 Å². The van der Waals surface area contributed by atoms with Gasteiger partial charge in [0.2, 0.25) is 0 Å². The van der Waals surface area contributed by atoms with Gasteiger partial charge in [-0.25, -0.2) is 0 Å². The number of fused-ring (bicyclic) bond motifs is 6. The van der Waals surface area contributed by atoms with Gasteiger partial charge in [0.15, 0.2) is 0 Å². The second-order valence-corrected chi connectivity index (χ2v) is 11.5. The van der Waals surface area contributed by atoms with Gasteiger partial charge in [-0.3, -0.25) is 4.99 Å². The van der Waals surface area contributed by atoms with Crippen molar-refractivity contribution >= 4 is 58.7 Å². The Morgan fingerprint density at radius 1 is 1.03 bits per heavy atom. The standard InChI is InChI=1S/C13H9.C12H7BrN.2ClH.H2S.Zr/c1-3-7-12-10(5-1)9-11-6-2-4-8-13(11)12;13-10-1-2-11-9(6-10)5-8-3-4-14-7-12(8)11;;;;/h1-7H,9H2;1-5,7,12H;2*1H;1H2;/q2*-1;;;;+2/p-3. The van der Waals surface area contributed by atoms with Crippen LogP contribution in [0, 0.1) is 12.1 Å². The van der Waals surface area contributed by atoms with Gasteiger partial charge in [0.1, 0.15) is 0 Å². The van der Waals surface area contributed by atoms with Crippen LogP contribution in [0.2, 0.25) is 0 Å². The molecule has 3 aromatic carbocycles. The molecule has 1 unspecified atom stereocenters. The van der Waals surface area contributed by atoms with Crippen molar-refractivity contribution in [3.05, 3.63) is 111 Å². The molecule has 6 rings (SSSR count). The third-order valence-electron chi connectivity index (χ3n) is 5.18. The zero-order valence-corrected chi connectivity index (χ0v) is 22.8. The normalized spacial score (nSPS) is 15.5. The largest absolute Gasteiger partial charge is 0.813 e. The maximum atomic E-state index is 4.93. The molecule has 0 aromatic heterocycles. The maximum Gasteiger partial charge on any atom is -0.0454 e. The summed E-state index contributed by atoms with van der Waals surface area (Å²) in [5, 5.41) is 0. The van der Waals surface area contributed by atoms with Crippen molar-refractivity contribution in [2.24, 2.45) is 4.99 Å². The van der Waals surface area contributed by atoms with Crippen LogP contribution in [0.1, 0.15) is 28.2 Å². The van der Waals surface area contributed by atoms with Crippen LogP contribution in [0.4, 0.5) is 0 Å². The summed E-state index contributed by atoms with van der Waals surface area (Å²) in [5.74, 6) is 0.347. The van der Waals surface area contributed by atoms with Crippen molar-refractivity contribution in [1.82, 2.24) is 0 Å². The number of aliphatic imine (C=N–C) groups is 1. The fraction of sp³-hybridized carbons (Fsp3) is 0.0800. The van der Waals surface area contributed by atoms with Crippen molar-refractivity contribution in [3.8, 4) is 11.1 Å². The van der Waals surface area contributed by atoms with Gasteiger partial charge in [0, 0.05) is 18.3 Å². The number of halogens is 3. The Morgan fingerprint density at radius 2 is 1.81 bits per heavy atom. The van der Waals surface area contributed by atoms with Gasteiger partial charge >= 0.3 is 37.9 Å². The van der Waals surface area contributed by atoms with E-state index in [-0.39, 0.29) is 13.5 Å². The summed E-state index contributed by atoms with van der Waals surface area (Å²) in [4.78, 5) is 4.17. The summed E-state index contributed by atoms with van der Waals surface area (Å²) in [6, 6.07) is 25.6. The van der Waals surface area contributed by atoms with E-state index in [2.05, 4.69) is 87.7 Å². The molecular formula is C25H17BrCl2NSZr-3. The molecule has 0 amide bonds. The molecule has 1 aliphatic heterocycles. The molecule has 0 N–H and O–H groups in total. The average Bonchev–Trinajstić information content (AvgIpc) is 3.32. The third-order valence-corrected chi connectivity index (χ3v) is 5.64. The van der Waals surface area contributed by atoms with Crippen LogP contribution in [-0.4, -0.2) is 6.21 Å². The molecule has 6 heteroatoms. The molecule has 156 valence electrons. The number of hydrogen-bond acceptors (Lipinski definition) is 2. The number of benzene rings is 3. The van der Waals surface area contributed by atoms with Gasteiger partial charge in [-0.1, -0.05) is 61.4 Å². The Kier molecular flexibility index (Phi) is 9.43. The minimum absolute atomic E-state index is 0. The van der Waals surface area contributed by atoms with E-state index >= 15 is 0 Å². The fourth-order valence-corrected chi connectivity index (χ4v) is 4.24. The van der Waals surface area contributed by atoms with E-state index in [4.69, 9.17) is 17.0 Å². The monoisotopic (exact) mass is 602 g/mol. The third kappa shape index (κ3) is 5.73. The first-order valence-corrected chi connectivity index (χ1v) is 16.5.